The lowest BCUT2D eigenvalue weighted by molar-refractivity contribution is -0.142. The molecule has 0 radical (unpaired) electrons. The Hall–Kier alpha value is -3.61. The average Bonchev–Trinajstić information content (AvgIpc) is 3.14. The van der Waals surface area contributed by atoms with Crippen molar-refractivity contribution in [1.29, 1.82) is 0 Å². The van der Waals surface area contributed by atoms with Crippen molar-refractivity contribution in [3.8, 4) is 11.1 Å². The first kappa shape index (κ1) is 22.6. The summed E-state index contributed by atoms with van der Waals surface area (Å²) in [5.74, 6) is -1.32. The highest BCUT2D eigenvalue weighted by molar-refractivity contribution is 5.87. The van der Waals surface area contributed by atoms with Crippen molar-refractivity contribution in [2.75, 3.05) is 13.2 Å². The van der Waals surface area contributed by atoms with E-state index >= 15 is 0 Å². The van der Waals surface area contributed by atoms with Gasteiger partial charge in [-0.05, 0) is 47.9 Å². The summed E-state index contributed by atoms with van der Waals surface area (Å²) in [6.45, 7) is 0.416. The molecule has 1 saturated carbocycles. The number of aliphatic carboxylic acids is 1. The van der Waals surface area contributed by atoms with E-state index in [-0.39, 0.29) is 36.9 Å². The first-order valence-corrected chi connectivity index (χ1v) is 11.3. The molecule has 33 heavy (non-hydrogen) atoms. The molecule has 172 valence electrons. The average molecular weight is 449 g/mol. The number of carbonyl (C=O) groups is 3. The van der Waals surface area contributed by atoms with E-state index in [1.807, 2.05) is 24.3 Å². The molecule has 2 aromatic carbocycles. The van der Waals surface area contributed by atoms with Gasteiger partial charge in [0.25, 0.3) is 0 Å². The number of carboxylic acid groups (broad SMARTS) is 1. The van der Waals surface area contributed by atoms with Crippen LogP contribution in [0.4, 0.5) is 4.79 Å². The molecule has 0 saturated heterocycles. The van der Waals surface area contributed by atoms with Gasteiger partial charge < -0.3 is 20.5 Å². The standard InChI is InChI=1S/C26H28N2O5/c29-24(28-18-13-11-17(12-14-18)25(30)31)10-5-15-27-26(32)33-16-23-21-8-3-1-6-19(21)20-7-2-4-9-22(20)23/h1-10,17-18,23H,11-16H2,(H,27,32)(H,28,29)(H,30,31)/b10-5+. The summed E-state index contributed by atoms with van der Waals surface area (Å²) in [5.41, 5.74) is 4.65. The van der Waals surface area contributed by atoms with Gasteiger partial charge in [-0.3, -0.25) is 9.59 Å². The van der Waals surface area contributed by atoms with E-state index in [1.165, 1.54) is 17.2 Å². The Bertz CT molecular complexity index is 1010. The van der Waals surface area contributed by atoms with Crippen molar-refractivity contribution in [2.45, 2.75) is 37.6 Å². The molecule has 3 N–H and O–H groups in total. The fraction of sp³-hybridized carbons (Fsp3) is 0.346. The number of alkyl carbamates (subject to hydrolysis) is 1. The van der Waals surface area contributed by atoms with Gasteiger partial charge in [-0.25, -0.2) is 4.79 Å². The molecule has 0 unspecified atom stereocenters. The second kappa shape index (κ2) is 10.3. The summed E-state index contributed by atoms with van der Waals surface area (Å²) < 4.78 is 5.47. The van der Waals surface area contributed by atoms with Crippen LogP contribution in [0.2, 0.25) is 0 Å². The SMILES string of the molecule is O=C(/C=C/CNC(=O)OCC1c2ccccc2-c2ccccc21)NC1CCC(C(=O)O)CC1. The minimum atomic E-state index is -0.765. The van der Waals surface area contributed by atoms with E-state index in [2.05, 4.69) is 34.9 Å². The van der Waals surface area contributed by atoms with Crippen molar-refractivity contribution < 1.29 is 24.2 Å². The van der Waals surface area contributed by atoms with Gasteiger partial charge in [0, 0.05) is 24.6 Å². The summed E-state index contributed by atoms with van der Waals surface area (Å²) in [4.78, 5) is 35.2. The molecule has 2 aromatic rings. The number of carboxylic acids is 1. The van der Waals surface area contributed by atoms with Crippen LogP contribution in [0.1, 0.15) is 42.7 Å². The molecule has 2 aliphatic carbocycles. The van der Waals surface area contributed by atoms with Gasteiger partial charge in [0.2, 0.25) is 5.91 Å². The van der Waals surface area contributed by atoms with E-state index in [0.717, 1.165) is 11.1 Å². The van der Waals surface area contributed by atoms with Gasteiger partial charge in [-0.15, -0.1) is 0 Å². The normalized spacial score (nSPS) is 19.5. The van der Waals surface area contributed by atoms with Crippen molar-refractivity contribution in [2.24, 2.45) is 5.92 Å². The van der Waals surface area contributed by atoms with Gasteiger partial charge in [0.1, 0.15) is 6.61 Å². The number of hydrogen-bond donors (Lipinski definition) is 3. The molecule has 2 aliphatic rings. The van der Waals surface area contributed by atoms with Gasteiger partial charge >= 0.3 is 12.1 Å². The predicted molar refractivity (Wildman–Crippen MR) is 124 cm³/mol. The Kier molecular flexibility index (Phi) is 7.07. The highest BCUT2D eigenvalue weighted by Gasteiger charge is 2.29. The third kappa shape index (κ3) is 5.42. The first-order chi connectivity index (χ1) is 16.0. The molecule has 0 atom stereocenters. The minimum Gasteiger partial charge on any atom is -0.481 e. The van der Waals surface area contributed by atoms with Crippen LogP contribution in [-0.4, -0.2) is 42.3 Å². The van der Waals surface area contributed by atoms with Gasteiger partial charge in [-0.2, -0.15) is 0 Å². The molecular weight excluding hydrogens is 420 g/mol. The Morgan fingerprint density at radius 2 is 1.55 bits per heavy atom. The summed E-state index contributed by atoms with van der Waals surface area (Å²) >= 11 is 0. The fourth-order valence-electron chi connectivity index (χ4n) is 4.69. The van der Waals surface area contributed by atoms with Crippen molar-refractivity contribution in [3.05, 3.63) is 71.8 Å². The van der Waals surface area contributed by atoms with Crippen LogP contribution >= 0.6 is 0 Å². The molecule has 0 heterocycles. The summed E-state index contributed by atoms with van der Waals surface area (Å²) in [6.07, 6.45) is 4.89. The molecule has 0 aromatic heterocycles. The van der Waals surface area contributed by atoms with Gasteiger partial charge in [0.15, 0.2) is 0 Å². The number of rotatable bonds is 7. The zero-order chi connectivity index (χ0) is 23.2. The molecule has 1 fully saturated rings. The number of fused-ring (bicyclic) bond motifs is 3. The highest BCUT2D eigenvalue weighted by Crippen LogP contribution is 2.44. The van der Waals surface area contributed by atoms with E-state index in [1.54, 1.807) is 6.08 Å². The Balaban J connectivity index is 1.19. The Labute approximate surface area is 192 Å². The molecule has 0 bridgehead atoms. The van der Waals surface area contributed by atoms with Crippen LogP contribution < -0.4 is 10.6 Å². The molecule has 4 rings (SSSR count). The fourth-order valence-corrected chi connectivity index (χ4v) is 4.69. The predicted octanol–water partition coefficient (Wildman–Crippen LogP) is 3.84. The summed E-state index contributed by atoms with van der Waals surface area (Å²) in [5, 5.41) is 14.6. The van der Waals surface area contributed by atoms with E-state index in [0.29, 0.717) is 25.7 Å². The van der Waals surface area contributed by atoms with Crippen molar-refractivity contribution >= 4 is 18.0 Å². The monoisotopic (exact) mass is 448 g/mol. The topological polar surface area (TPSA) is 105 Å². The molecule has 7 nitrogen and oxygen atoms in total. The van der Waals surface area contributed by atoms with Crippen molar-refractivity contribution in [1.82, 2.24) is 10.6 Å². The van der Waals surface area contributed by atoms with Crippen LogP contribution in [0.15, 0.2) is 60.7 Å². The first-order valence-electron chi connectivity index (χ1n) is 11.3. The zero-order valence-corrected chi connectivity index (χ0v) is 18.3. The number of amides is 2. The number of carbonyl (C=O) groups excluding carboxylic acids is 2. The minimum absolute atomic E-state index is 0.000637. The third-order valence-corrected chi connectivity index (χ3v) is 6.40. The zero-order valence-electron chi connectivity index (χ0n) is 18.3. The third-order valence-electron chi connectivity index (χ3n) is 6.40. The van der Waals surface area contributed by atoms with Gasteiger partial charge in [-0.1, -0.05) is 54.6 Å². The number of hydrogen-bond acceptors (Lipinski definition) is 4. The maximum Gasteiger partial charge on any atom is 0.407 e. The van der Waals surface area contributed by atoms with Crippen LogP contribution in [0.25, 0.3) is 11.1 Å². The van der Waals surface area contributed by atoms with Crippen LogP contribution in [-0.2, 0) is 14.3 Å². The summed E-state index contributed by atoms with van der Waals surface area (Å²) in [6, 6.07) is 16.3. The second-order valence-electron chi connectivity index (χ2n) is 8.50. The smallest absolute Gasteiger partial charge is 0.407 e. The molecule has 7 heteroatoms. The van der Waals surface area contributed by atoms with E-state index in [4.69, 9.17) is 9.84 Å². The van der Waals surface area contributed by atoms with Gasteiger partial charge in [0.05, 0.1) is 5.92 Å². The second-order valence-corrected chi connectivity index (χ2v) is 8.50. The summed E-state index contributed by atoms with van der Waals surface area (Å²) in [7, 11) is 0. The van der Waals surface area contributed by atoms with Crippen LogP contribution in [0.5, 0.6) is 0 Å². The molecule has 0 aliphatic heterocycles. The van der Waals surface area contributed by atoms with Crippen molar-refractivity contribution in [3.63, 3.8) is 0 Å². The van der Waals surface area contributed by atoms with E-state index in [9.17, 15) is 14.4 Å². The molecule has 2 amide bonds. The lowest BCUT2D eigenvalue weighted by Crippen LogP contribution is -2.38. The Morgan fingerprint density at radius 1 is 0.939 bits per heavy atom. The highest BCUT2D eigenvalue weighted by atomic mass is 16.5. The van der Waals surface area contributed by atoms with Crippen LogP contribution in [0.3, 0.4) is 0 Å². The number of ether oxygens (including phenoxy) is 1. The molecule has 0 spiro atoms. The largest absolute Gasteiger partial charge is 0.481 e. The Morgan fingerprint density at radius 3 is 2.15 bits per heavy atom. The maximum absolute atomic E-state index is 12.2. The quantitative estimate of drug-likeness (QED) is 0.558. The van der Waals surface area contributed by atoms with E-state index < -0.39 is 12.1 Å². The molecular formula is C26H28N2O5. The van der Waals surface area contributed by atoms with Crippen LogP contribution in [0, 0.1) is 5.92 Å². The lowest BCUT2D eigenvalue weighted by Gasteiger charge is -2.26. The number of nitrogens with one attached hydrogen (secondary N) is 2. The number of benzene rings is 2. The lowest BCUT2D eigenvalue weighted by atomic mass is 9.86. The maximum atomic E-state index is 12.2.